The Morgan fingerprint density at radius 2 is 1.95 bits per heavy atom. The van der Waals surface area contributed by atoms with Crippen LogP contribution in [0.5, 0.6) is 0 Å². The molecular formula is C16H31NO2. The minimum Gasteiger partial charge on any atom is -0.480 e. The molecule has 0 aromatic rings. The van der Waals surface area contributed by atoms with Gasteiger partial charge < -0.3 is 10.4 Å². The molecule has 0 heterocycles. The Hall–Kier alpha value is -0.570. The fourth-order valence-corrected chi connectivity index (χ4v) is 3.19. The first-order valence-corrected chi connectivity index (χ1v) is 7.83. The Bertz CT molecular complexity index is 283. The third-order valence-corrected chi connectivity index (χ3v) is 4.51. The number of carboxylic acid groups (broad SMARTS) is 1. The summed E-state index contributed by atoms with van der Waals surface area (Å²) in [5, 5.41) is 12.6. The maximum atomic E-state index is 11.2. The SMILES string of the molecule is CCCC(NC1CCCC(C(C)(C)C)CC1)C(=O)O. The minimum absolute atomic E-state index is 0.360. The highest BCUT2D eigenvalue weighted by atomic mass is 16.4. The molecule has 1 fully saturated rings. The van der Waals surface area contributed by atoms with Crippen molar-refractivity contribution in [2.75, 3.05) is 0 Å². The zero-order valence-corrected chi connectivity index (χ0v) is 13.0. The van der Waals surface area contributed by atoms with Crippen LogP contribution < -0.4 is 5.32 Å². The zero-order chi connectivity index (χ0) is 14.5. The summed E-state index contributed by atoms with van der Waals surface area (Å²) < 4.78 is 0. The molecule has 19 heavy (non-hydrogen) atoms. The molecule has 0 amide bonds. The van der Waals surface area contributed by atoms with Gasteiger partial charge in [-0.15, -0.1) is 0 Å². The lowest BCUT2D eigenvalue weighted by molar-refractivity contribution is -0.140. The third kappa shape index (κ3) is 5.52. The van der Waals surface area contributed by atoms with Gasteiger partial charge in [0.25, 0.3) is 0 Å². The Balaban J connectivity index is 2.50. The van der Waals surface area contributed by atoms with Crippen molar-refractivity contribution in [3.8, 4) is 0 Å². The van der Waals surface area contributed by atoms with Crippen molar-refractivity contribution in [2.24, 2.45) is 11.3 Å². The Labute approximate surface area is 118 Å². The normalized spacial score (nSPS) is 26.7. The van der Waals surface area contributed by atoms with Crippen LogP contribution in [0.25, 0.3) is 0 Å². The molecule has 0 radical (unpaired) electrons. The maximum Gasteiger partial charge on any atom is 0.320 e. The largest absolute Gasteiger partial charge is 0.480 e. The first-order valence-electron chi connectivity index (χ1n) is 7.83. The predicted molar refractivity (Wildman–Crippen MR) is 79.3 cm³/mol. The van der Waals surface area contributed by atoms with Crippen LogP contribution in [0.15, 0.2) is 0 Å². The topological polar surface area (TPSA) is 49.3 Å². The van der Waals surface area contributed by atoms with Gasteiger partial charge in [-0.1, -0.05) is 40.5 Å². The summed E-state index contributed by atoms with van der Waals surface area (Å²) >= 11 is 0. The lowest BCUT2D eigenvalue weighted by Gasteiger charge is -2.30. The number of aliphatic carboxylic acids is 1. The van der Waals surface area contributed by atoms with Gasteiger partial charge in [0.2, 0.25) is 0 Å². The fourth-order valence-electron chi connectivity index (χ4n) is 3.19. The molecule has 0 aromatic heterocycles. The van der Waals surface area contributed by atoms with Crippen LogP contribution in [0.1, 0.15) is 72.6 Å². The highest BCUT2D eigenvalue weighted by molar-refractivity contribution is 5.73. The molecular weight excluding hydrogens is 238 g/mol. The fraction of sp³-hybridized carbons (Fsp3) is 0.938. The molecule has 112 valence electrons. The summed E-state index contributed by atoms with van der Waals surface area (Å²) in [6, 6.07) is 0.0289. The molecule has 1 aliphatic carbocycles. The quantitative estimate of drug-likeness (QED) is 0.746. The second-order valence-corrected chi connectivity index (χ2v) is 7.11. The number of hydrogen-bond acceptors (Lipinski definition) is 2. The van der Waals surface area contributed by atoms with E-state index in [-0.39, 0.29) is 6.04 Å². The zero-order valence-electron chi connectivity index (χ0n) is 13.0. The van der Waals surface area contributed by atoms with E-state index in [9.17, 15) is 9.90 Å². The van der Waals surface area contributed by atoms with Crippen molar-refractivity contribution in [2.45, 2.75) is 84.7 Å². The summed E-state index contributed by atoms with van der Waals surface area (Å²) in [5.74, 6) is 0.0761. The Morgan fingerprint density at radius 3 is 2.47 bits per heavy atom. The first-order chi connectivity index (χ1) is 8.84. The van der Waals surface area contributed by atoms with Crippen molar-refractivity contribution in [3.63, 3.8) is 0 Å². The van der Waals surface area contributed by atoms with E-state index in [1.54, 1.807) is 0 Å². The monoisotopic (exact) mass is 269 g/mol. The van der Waals surface area contributed by atoms with Crippen molar-refractivity contribution in [1.29, 1.82) is 0 Å². The van der Waals surface area contributed by atoms with E-state index in [0.717, 1.165) is 31.6 Å². The number of rotatable bonds is 5. The maximum absolute atomic E-state index is 11.2. The van der Waals surface area contributed by atoms with Crippen molar-refractivity contribution in [1.82, 2.24) is 5.32 Å². The Kier molecular flexibility index (Phi) is 6.31. The summed E-state index contributed by atoms with van der Waals surface area (Å²) in [6.07, 6.45) is 7.62. The summed E-state index contributed by atoms with van der Waals surface area (Å²) in [6.45, 7) is 9.01. The van der Waals surface area contributed by atoms with E-state index < -0.39 is 5.97 Å². The van der Waals surface area contributed by atoms with Gasteiger partial charge in [0.1, 0.15) is 6.04 Å². The molecule has 1 saturated carbocycles. The molecule has 2 N–H and O–H groups in total. The van der Waals surface area contributed by atoms with E-state index in [1.165, 1.54) is 19.3 Å². The first kappa shape index (κ1) is 16.5. The van der Waals surface area contributed by atoms with Gasteiger partial charge in [0, 0.05) is 6.04 Å². The smallest absolute Gasteiger partial charge is 0.320 e. The van der Waals surface area contributed by atoms with Crippen LogP contribution >= 0.6 is 0 Å². The number of carboxylic acids is 1. The molecule has 1 aliphatic rings. The van der Waals surface area contributed by atoms with Crippen molar-refractivity contribution in [3.05, 3.63) is 0 Å². The number of nitrogens with one attached hydrogen (secondary N) is 1. The van der Waals surface area contributed by atoms with Gasteiger partial charge in [-0.2, -0.15) is 0 Å². The molecule has 0 aromatic carbocycles. The van der Waals surface area contributed by atoms with Crippen molar-refractivity contribution < 1.29 is 9.90 Å². The molecule has 3 heteroatoms. The van der Waals surface area contributed by atoms with E-state index in [0.29, 0.717) is 11.5 Å². The highest BCUT2D eigenvalue weighted by Crippen LogP contribution is 2.36. The average Bonchev–Trinajstić information content (AvgIpc) is 2.53. The van der Waals surface area contributed by atoms with Crippen LogP contribution in [0.4, 0.5) is 0 Å². The molecule has 3 nitrogen and oxygen atoms in total. The van der Waals surface area contributed by atoms with E-state index in [1.807, 2.05) is 6.92 Å². The lowest BCUT2D eigenvalue weighted by Crippen LogP contribution is -2.43. The average molecular weight is 269 g/mol. The standard InChI is InChI=1S/C16H31NO2/c1-5-7-14(15(18)19)17-13-9-6-8-12(10-11-13)16(2,3)4/h12-14,17H,5-11H2,1-4H3,(H,18,19). The second kappa shape index (κ2) is 7.28. The molecule has 3 unspecified atom stereocenters. The molecule has 0 bridgehead atoms. The summed E-state index contributed by atoms with van der Waals surface area (Å²) in [4.78, 5) is 11.2. The summed E-state index contributed by atoms with van der Waals surface area (Å²) in [5.41, 5.74) is 0.379. The van der Waals surface area contributed by atoms with E-state index in [2.05, 4.69) is 26.1 Å². The molecule has 3 atom stereocenters. The summed E-state index contributed by atoms with van der Waals surface area (Å²) in [7, 11) is 0. The van der Waals surface area contributed by atoms with Gasteiger partial charge in [0.05, 0.1) is 0 Å². The van der Waals surface area contributed by atoms with Crippen LogP contribution in [0.2, 0.25) is 0 Å². The van der Waals surface area contributed by atoms with E-state index in [4.69, 9.17) is 0 Å². The highest BCUT2D eigenvalue weighted by Gasteiger charge is 2.29. The molecule has 0 spiro atoms. The van der Waals surface area contributed by atoms with Crippen molar-refractivity contribution >= 4 is 5.97 Å². The van der Waals surface area contributed by atoms with Gasteiger partial charge in [-0.3, -0.25) is 4.79 Å². The molecule has 0 aliphatic heterocycles. The Morgan fingerprint density at radius 1 is 1.26 bits per heavy atom. The number of hydrogen-bond donors (Lipinski definition) is 2. The van der Waals surface area contributed by atoms with Gasteiger partial charge >= 0.3 is 5.97 Å². The third-order valence-electron chi connectivity index (χ3n) is 4.51. The second-order valence-electron chi connectivity index (χ2n) is 7.11. The van der Waals surface area contributed by atoms with E-state index >= 15 is 0 Å². The minimum atomic E-state index is -0.696. The van der Waals surface area contributed by atoms with Gasteiger partial charge in [-0.25, -0.2) is 0 Å². The molecule has 0 saturated heterocycles. The van der Waals surface area contributed by atoms with Crippen LogP contribution in [0, 0.1) is 11.3 Å². The lowest BCUT2D eigenvalue weighted by atomic mass is 9.76. The molecule has 1 rings (SSSR count). The number of carbonyl (C=O) groups is 1. The van der Waals surface area contributed by atoms with Gasteiger partial charge in [0.15, 0.2) is 0 Å². The predicted octanol–water partition coefficient (Wildman–Crippen LogP) is 3.82. The van der Waals surface area contributed by atoms with Crippen LogP contribution in [-0.4, -0.2) is 23.2 Å². The van der Waals surface area contributed by atoms with Crippen LogP contribution in [-0.2, 0) is 4.79 Å². The van der Waals surface area contributed by atoms with Gasteiger partial charge in [-0.05, 0) is 43.4 Å². The van der Waals surface area contributed by atoms with Crippen LogP contribution in [0.3, 0.4) is 0 Å².